The molecule has 0 spiro atoms. The van der Waals surface area contributed by atoms with Gasteiger partial charge in [0.25, 0.3) is 0 Å². The quantitative estimate of drug-likeness (QED) is 0.743. The first-order chi connectivity index (χ1) is 5.74. The second-order valence-electron chi connectivity index (χ2n) is 3.08. The Morgan fingerprint density at radius 2 is 2.50 bits per heavy atom. The number of halogens is 2. The highest BCUT2D eigenvalue weighted by molar-refractivity contribution is 6.36. The number of nitrogens with zero attached hydrogens (tertiary/aromatic N) is 1. The standard InChI is InChI=1S/C8H14Cl2N2/c1-7-5-11-2-3-12(7)6-8(10)4-9/h4,7,11H,2-3,5-6H2,1H3/b8-4-/t7-/m0/s1. The van der Waals surface area contributed by atoms with Crippen molar-refractivity contribution in [2.24, 2.45) is 0 Å². The van der Waals surface area contributed by atoms with E-state index < -0.39 is 0 Å². The first kappa shape index (κ1) is 10.3. The molecule has 1 rings (SSSR count). The molecule has 0 unspecified atom stereocenters. The van der Waals surface area contributed by atoms with Gasteiger partial charge >= 0.3 is 0 Å². The number of piperazine rings is 1. The van der Waals surface area contributed by atoms with E-state index in [4.69, 9.17) is 23.2 Å². The monoisotopic (exact) mass is 208 g/mol. The van der Waals surface area contributed by atoms with Crippen molar-refractivity contribution in [1.82, 2.24) is 10.2 Å². The van der Waals surface area contributed by atoms with Gasteiger partial charge in [-0.2, -0.15) is 0 Å². The maximum atomic E-state index is 5.83. The lowest BCUT2D eigenvalue weighted by atomic mass is 10.2. The summed E-state index contributed by atoms with van der Waals surface area (Å²) in [7, 11) is 0. The minimum absolute atomic E-state index is 0.545. The fraction of sp³-hybridized carbons (Fsp3) is 0.750. The molecule has 0 amide bonds. The van der Waals surface area contributed by atoms with Gasteiger partial charge in [-0.1, -0.05) is 23.2 Å². The van der Waals surface area contributed by atoms with E-state index in [1.807, 2.05) is 0 Å². The van der Waals surface area contributed by atoms with Crippen molar-refractivity contribution in [3.05, 3.63) is 10.6 Å². The minimum Gasteiger partial charge on any atom is -0.314 e. The van der Waals surface area contributed by atoms with Gasteiger partial charge in [0, 0.05) is 42.8 Å². The lowest BCUT2D eigenvalue weighted by molar-refractivity contribution is 0.191. The molecule has 0 saturated carbocycles. The van der Waals surface area contributed by atoms with Gasteiger partial charge in [-0.15, -0.1) is 0 Å². The number of hydrogen-bond donors (Lipinski definition) is 1. The zero-order chi connectivity index (χ0) is 8.97. The molecule has 1 heterocycles. The van der Waals surface area contributed by atoms with E-state index in [0.29, 0.717) is 11.1 Å². The Hall–Kier alpha value is 0.240. The normalized spacial score (nSPS) is 27.6. The summed E-state index contributed by atoms with van der Waals surface area (Å²) in [4.78, 5) is 2.32. The van der Waals surface area contributed by atoms with E-state index in [0.717, 1.165) is 26.2 Å². The highest BCUT2D eigenvalue weighted by atomic mass is 35.5. The number of hydrogen-bond acceptors (Lipinski definition) is 2. The van der Waals surface area contributed by atoms with Gasteiger partial charge in [-0.05, 0) is 6.92 Å². The van der Waals surface area contributed by atoms with Gasteiger partial charge in [0.1, 0.15) is 0 Å². The van der Waals surface area contributed by atoms with Crippen LogP contribution in [0.25, 0.3) is 0 Å². The Morgan fingerprint density at radius 3 is 3.08 bits per heavy atom. The molecule has 70 valence electrons. The summed E-state index contributed by atoms with van der Waals surface area (Å²) in [5.74, 6) is 0. The number of nitrogens with one attached hydrogen (secondary N) is 1. The van der Waals surface area contributed by atoms with Crippen LogP contribution >= 0.6 is 23.2 Å². The van der Waals surface area contributed by atoms with Gasteiger partial charge in [-0.25, -0.2) is 0 Å². The zero-order valence-electron chi connectivity index (χ0n) is 7.19. The van der Waals surface area contributed by atoms with E-state index in [9.17, 15) is 0 Å². The van der Waals surface area contributed by atoms with E-state index in [1.165, 1.54) is 5.54 Å². The second kappa shape index (κ2) is 5.07. The lowest BCUT2D eigenvalue weighted by Gasteiger charge is -2.33. The molecule has 1 fully saturated rings. The minimum atomic E-state index is 0.545. The molecule has 0 aliphatic carbocycles. The molecule has 1 saturated heterocycles. The summed E-state index contributed by atoms with van der Waals surface area (Å²) >= 11 is 11.3. The first-order valence-corrected chi connectivity index (χ1v) is 4.95. The summed E-state index contributed by atoms with van der Waals surface area (Å²) in [5, 5.41) is 4.03. The predicted molar refractivity (Wildman–Crippen MR) is 53.7 cm³/mol. The predicted octanol–water partition coefficient (Wildman–Crippen LogP) is 1.60. The van der Waals surface area contributed by atoms with Crippen molar-refractivity contribution in [3.63, 3.8) is 0 Å². The molecule has 0 aromatic heterocycles. The van der Waals surface area contributed by atoms with Crippen LogP contribution in [0.1, 0.15) is 6.92 Å². The molecule has 0 aromatic rings. The van der Waals surface area contributed by atoms with Gasteiger partial charge < -0.3 is 5.32 Å². The highest BCUT2D eigenvalue weighted by Gasteiger charge is 2.17. The van der Waals surface area contributed by atoms with Crippen LogP contribution in [0.15, 0.2) is 10.6 Å². The molecule has 2 nitrogen and oxygen atoms in total. The summed E-state index contributed by atoms with van der Waals surface area (Å²) in [6.07, 6.45) is 0. The topological polar surface area (TPSA) is 15.3 Å². The Bertz CT molecular complexity index is 170. The molecule has 12 heavy (non-hydrogen) atoms. The van der Waals surface area contributed by atoms with E-state index in [-0.39, 0.29) is 0 Å². The largest absolute Gasteiger partial charge is 0.314 e. The average Bonchev–Trinajstić information content (AvgIpc) is 2.09. The Kier molecular flexibility index (Phi) is 4.36. The first-order valence-electron chi connectivity index (χ1n) is 4.13. The van der Waals surface area contributed by atoms with Crippen molar-refractivity contribution in [3.8, 4) is 0 Å². The van der Waals surface area contributed by atoms with E-state index in [2.05, 4.69) is 17.1 Å². The summed E-state index contributed by atoms with van der Waals surface area (Å²) in [6.45, 7) is 6.07. The highest BCUT2D eigenvalue weighted by Crippen LogP contribution is 2.10. The van der Waals surface area contributed by atoms with Crippen LogP contribution in [0.5, 0.6) is 0 Å². The Balaban J connectivity index is 2.39. The molecular weight excluding hydrogens is 195 g/mol. The van der Waals surface area contributed by atoms with Crippen LogP contribution in [-0.2, 0) is 0 Å². The van der Waals surface area contributed by atoms with Crippen LogP contribution in [-0.4, -0.2) is 37.1 Å². The molecule has 1 N–H and O–H groups in total. The Labute approximate surface area is 83.5 Å². The third kappa shape index (κ3) is 2.94. The smallest absolute Gasteiger partial charge is 0.0434 e. The van der Waals surface area contributed by atoms with Crippen molar-refractivity contribution in [2.45, 2.75) is 13.0 Å². The average molecular weight is 209 g/mol. The molecular formula is C8H14Cl2N2. The molecule has 4 heteroatoms. The van der Waals surface area contributed by atoms with Gasteiger partial charge in [0.15, 0.2) is 0 Å². The van der Waals surface area contributed by atoms with Gasteiger partial charge in [0.05, 0.1) is 0 Å². The lowest BCUT2D eigenvalue weighted by Crippen LogP contribution is -2.49. The van der Waals surface area contributed by atoms with Gasteiger partial charge in [0.2, 0.25) is 0 Å². The van der Waals surface area contributed by atoms with Crippen LogP contribution in [0.2, 0.25) is 0 Å². The van der Waals surface area contributed by atoms with Crippen molar-refractivity contribution in [1.29, 1.82) is 0 Å². The molecule has 0 radical (unpaired) electrons. The van der Waals surface area contributed by atoms with E-state index >= 15 is 0 Å². The van der Waals surface area contributed by atoms with Crippen molar-refractivity contribution < 1.29 is 0 Å². The van der Waals surface area contributed by atoms with E-state index in [1.54, 1.807) is 0 Å². The SMILES string of the molecule is C[C@H]1CNCCN1C/C(Cl)=C/Cl. The maximum Gasteiger partial charge on any atom is 0.0434 e. The molecule has 1 aliphatic rings. The Morgan fingerprint density at radius 1 is 1.75 bits per heavy atom. The fourth-order valence-corrected chi connectivity index (χ4v) is 1.57. The maximum absolute atomic E-state index is 5.83. The second-order valence-corrected chi connectivity index (χ2v) is 3.78. The van der Waals surface area contributed by atoms with Crippen molar-refractivity contribution >= 4 is 23.2 Å². The molecule has 1 aliphatic heterocycles. The fourth-order valence-electron chi connectivity index (χ4n) is 1.35. The van der Waals surface area contributed by atoms with Crippen LogP contribution in [0, 0.1) is 0 Å². The van der Waals surface area contributed by atoms with Crippen molar-refractivity contribution in [2.75, 3.05) is 26.2 Å². The molecule has 0 bridgehead atoms. The van der Waals surface area contributed by atoms with Crippen LogP contribution in [0.3, 0.4) is 0 Å². The third-order valence-electron chi connectivity index (χ3n) is 2.11. The third-order valence-corrected chi connectivity index (χ3v) is 2.72. The summed E-state index contributed by atoms with van der Waals surface area (Å²) < 4.78 is 0. The van der Waals surface area contributed by atoms with Gasteiger partial charge in [-0.3, -0.25) is 4.90 Å². The molecule has 1 atom stereocenters. The molecule has 0 aromatic carbocycles. The zero-order valence-corrected chi connectivity index (χ0v) is 8.70. The number of rotatable bonds is 2. The van der Waals surface area contributed by atoms with Crippen LogP contribution in [0.4, 0.5) is 0 Å². The van der Waals surface area contributed by atoms with Crippen LogP contribution < -0.4 is 5.32 Å². The summed E-state index contributed by atoms with van der Waals surface area (Å²) in [6, 6.07) is 0.545. The summed E-state index contributed by atoms with van der Waals surface area (Å²) in [5.41, 5.74) is 1.44.